The average molecular weight is 294 g/mol. The zero-order chi connectivity index (χ0) is 14.5. The maximum atomic E-state index is 12.4. The molecule has 3 N–H and O–H groups in total. The molecule has 1 aliphatic rings. The molecule has 1 amide bonds. The summed E-state index contributed by atoms with van der Waals surface area (Å²) in [6, 6.07) is 5.52. The van der Waals surface area contributed by atoms with E-state index in [1.165, 1.54) is 6.42 Å². The highest BCUT2D eigenvalue weighted by Gasteiger charge is 2.27. The molecule has 0 heterocycles. The number of methoxy groups -OCH3 is 1. The second-order valence-electron chi connectivity index (χ2n) is 4.99. The van der Waals surface area contributed by atoms with Crippen molar-refractivity contribution in [2.75, 3.05) is 18.6 Å². The van der Waals surface area contributed by atoms with Gasteiger partial charge in [-0.1, -0.05) is 13.0 Å². The van der Waals surface area contributed by atoms with Crippen molar-refractivity contribution in [2.45, 2.75) is 37.5 Å². The van der Waals surface area contributed by atoms with Gasteiger partial charge in [0.05, 0.1) is 7.11 Å². The fourth-order valence-electron chi connectivity index (χ4n) is 2.68. The summed E-state index contributed by atoms with van der Waals surface area (Å²) in [7, 11) is 1.55. The molecule has 2 unspecified atom stereocenters. The van der Waals surface area contributed by atoms with Crippen molar-refractivity contribution in [3.63, 3.8) is 0 Å². The van der Waals surface area contributed by atoms with Gasteiger partial charge in [0.1, 0.15) is 11.3 Å². The summed E-state index contributed by atoms with van der Waals surface area (Å²) >= 11 is 1.98. The van der Waals surface area contributed by atoms with E-state index in [4.69, 9.17) is 10.5 Å². The number of anilines is 1. The van der Waals surface area contributed by atoms with Gasteiger partial charge < -0.3 is 15.8 Å². The van der Waals surface area contributed by atoms with E-state index in [9.17, 15) is 4.79 Å². The van der Waals surface area contributed by atoms with Crippen molar-refractivity contribution in [1.29, 1.82) is 0 Å². The Morgan fingerprint density at radius 3 is 3.00 bits per heavy atom. The van der Waals surface area contributed by atoms with Crippen LogP contribution in [0, 0.1) is 0 Å². The van der Waals surface area contributed by atoms with Crippen LogP contribution in [0.15, 0.2) is 18.2 Å². The van der Waals surface area contributed by atoms with Gasteiger partial charge in [-0.15, -0.1) is 0 Å². The van der Waals surface area contributed by atoms with Crippen molar-refractivity contribution in [1.82, 2.24) is 5.32 Å². The first kappa shape index (κ1) is 15.0. The first-order chi connectivity index (χ1) is 9.65. The zero-order valence-electron chi connectivity index (χ0n) is 12.0. The molecule has 0 aromatic heterocycles. The van der Waals surface area contributed by atoms with Gasteiger partial charge in [0.15, 0.2) is 0 Å². The molecule has 2 rings (SSSR count). The van der Waals surface area contributed by atoms with E-state index in [0.29, 0.717) is 22.3 Å². The van der Waals surface area contributed by atoms with Gasteiger partial charge in [-0.3, -0.25) is 4.79 Å². The quantitative estimate of drug-likeness (QED) is 0.820. The third kappa shape index (κ3) is 3.39. The standard InChI is InChI=1S/C15H22N2O2S/c1-3-20-11-8-7-10(9-11)17-15(18)14-12(16)5-4-6-13(14)19-2/h4-6,10-11H,3,7-9,16H2,1-2H3,(H,17,18). The van der Waals surface area contributed by atoms with E-state index in [1.807, 2.05) is 11.8 Å². The van der Waals surface area contributed by atoms with Crippen LogP contribution in [0.5, 0.6) is 5.75 Å². The molecular formula is C15H22N2O2S. The minimum atomic E-state index is -0.132. The minimum Gasteiger partial charge on any atom is -0.496 e. The first-order valence-corrected chi connectivity index (χ1v) is 8.05. The van der Waals surface area contributed by atoms with Gasteiger partial charge in [0.2, 0.25) is 0 Å². The lowest BCUT2D eigenvalue weighted by Crippen LogP contribution is -2.33. The maximum Gasteiger partial charge on any atom is 0.257 e. The fourth-order valence-corrected chi connectivity index (χ4v) is 3.82. The van der Waals surface area contributed by atoms with E-state index in [2.05, 4.69) is 12.2 Å². The molecule has 1 aliphatic carbocycles. The van der Waals surface area contributed by atoms with Crippen molar-refractivity contribution in [3.05, 3.63) is 23.8 Å². The van der Waals surface area contributed by atoms with Crippen LogP contribution in [-0.4, -0.2) is 30.1 Å². The molecule has 0 spiro atoms. The summed E-state index contributed by atoms with van der Waals surface area (Å²) in [5.41, 5.74) is 6.81. The molecule has 0 aliphatic heterocycles. The normalized spacial score (nSPS) is 21.7. The van der Waals surface area contributed by atoms with E-state index in [-0.39, 0.29) is 11.9 Å². The van der Waals surface area contributed by atoms with Crippen LogP contribution in [0.4, 0.5) is 5.69 Å². The van der Waals surface area contributed by atoms with Crippen molar-refractivity contribution >= 4 is 23.4 Å². The van der Waals surface area contributed by atoms with Crippen LogP contribution in [0.1, 0.15) is 36.5 Å². The molecule has 1 fully saturated rings. The number of carbonyl (C=O) groups excluding carboxylic acids is 1. The third-order valence-corrected chi connectivity index (χ3v) is 4.86. The lowest BCUT2D eigenvalue weighted by atomic mass is 10.1. The molecule has 0 bridgehead atoms. The predicted octanol–water partition coefficient (Wildman–Crippen LogP) is 2.68. The van der Waals surface area contributed by atoms with Gasteiger partial charge in [-0.25, -0.2) is 0 Å². The number of nitrogens with two attached hydrogens (primary N) is 1. The maximum absolute atomic E-state index is 12.4. The van der Waals surface area contributed by atoms with E-state index < -0.39 is 0 Å². The van der Waals surface area contributed by atoms with Gasteiger partial charge in [-0.05, 0) is 37.1 Å². The summed E-state index contributed by atoms with van der Waals surface area (Å²) in [4.78, 5) is 12.4. The second-order valence-corrected chi connectivity index (χ2v) is 6.56. The summed E-state index contributed by atoms with van der Waals surface area (Å²) in [6.45, 7) is 2.17. The molecule has 1 aromatic rings. The van der Waals surface area contributed by atoms with E-state index >= 15 is 0 Å². The van der Waals surface area contributed by atoms with Crippen molar-refractivity contribution in [3.8, 4) is 5.75 Å². The number of rotatable bonds is 5. The number of hydrogen-bond donors (Lipinski definition) is 2. The van der Waals surface area contributed by atoms with Crippen LogP contribution in [0.2, 0.25) is 0 Å². The SMILES string of the molecule is CCSC1CCC(NC(=O)c2c(N)cccc2OC)C1. The average Bonchev–Trinajstić information content (AvgIpc) is 2.86. The molecule has 20 heavy (non-hydrogen) atoms. The second kappa shape index (κ2) is 6.88. The van der Waals surface area contributed by atoms with Gasteiger partial charge in [0, 0.05) is 17.0 Å². The number of benzene rings is 1. The van der Waals surface area contributed by atoms with Crippen LogP contribution in [0.25, 0.3) is 0 Å². The zero-order valence-corrected chi connectivity index (χ0v) is 12.8. The molecule has 110 valence electrons. The first-order valence-electron chi connectivity index (χ1n) is 7.00. The Bertz CT molecular complexity index is 479. The summed E-state index contributed by atoms with van der Waals surface area (Å²) < 4.78 is 5.23. The molecule has 0 saturated heterocycles. The van der Waals surface area contributed by atoms with Crippen LogP contribution in [0.3, 0.4) is 0 Å². The number of amides is 1. The molecular weight excluding hydrogens is 272 g/mol. The molecule has 2 atom stereocenters. The Morgan fingerprint density at radius 2 is 2.30 bits per heavy atom. The monoisotopic (exact) mass is 294 g/mol. The molecule has 0 radical (unpaired) electrons. The third-order valence-electron chi connectivity index (χ3n) is 3.63. The van der Waals surface area contributed by atoms with Crippen molar-refractivity contribution < 1.29 is 9.53 Å². The van der Waals surface area contributed by atoms with Crippen molar-refractivity contribution in [2.24, 2.45) is 0 Å². The number of carbonyl (C=O) groups is 1. The highest BCUT2D eigenvalue weighted by molar-refractivity contribution is 7.99. The lowest BCUT2D eigenvalue weighted by molar-refractivity contribution is 0.0936. The highest BCUT2D eigenvalue weighted by atomic mass is 32.2. The number of ether oxygens (including phenoxy) is 1. The smallest absolute Gasteiger partial charge is 0.257 e. The molecule has 1 aromatic carbocycles. The van der Waals surface area contributed by atoms with E-state index in [1.54, 1.807) is 25.3 Å². The largest absolute Gasteiger partial charge is 0.496 e. The molecule has 5 heteroatoms. The number of hydrogen-bond acceptors (Lipinski definition) is 4. The molecule has 4 nitrogen and oxygen atoms in total. The highest BCUT2D eigenvalue weighted by Crippen LogP contribution is 2.30. The Kier molecular flexibility index (Phi) is 5.17. The number of nitrogen functional groups attached to an aromatic ring is 1. The lowest BCUT2D eigenvalue weighted by Gasteiger charge is -2.16. The number of nitrogens with one attached hydrogen (secondary N) is 1. The summed E-state index contributed by atoms with van der Waals surface area (Å²) in [6.07, 6.45) is 3.25. The topological polar surface area (TPSA) is 64.4 Å². The van der Waals surface area contributed by atoms with Crippen LogP contribution < -0.4 is 15.8 Å². The Labute approximate surface area is 124 Å². The number of thioether (sulfide) groups is 1. The fraction of sp³-hybridized carbons (Fsp3) is 0.533. The van der Waals surface area contributed by atoms with Gasteiger partial charge in [0.25, 0.3) is 5.91 Å². The molecule has 1 saturated carbocycles. The summed E-state index contributed by atoms with van der Waals surface area (Å²) in [5, 5.41) is 3.75. The van der Waals surface area contributed by atoms with Gasteiger partial charge >= 0.3 is 0 Å². The van der Waals surface area contributed by atoms with Crippen LogP contribution >= 0.6 is 11.8 Å². The Balaban J connectivity index is 2.03. The predicted molar refractivity (Wildman–Crippen MR) is 84.4 cm³/mol. The Hall–Kier alpha value is -1.36. The van der Waals surface area contributed by atoms with Crippen LogP contribution in [-0.2, 0) is 0 Å². The minimum absolute atomic E-state index is 0.132. The van der Waals surface area contributed by atoms with Gasteiger partial charge in [-0.2, -0.15) is 11.8 Å². The summed E-state index contributed by atoms with van der Waals surface area (Å²) in [5.74, 6) is 1.53. The Morgan fingerprint density at radius 1 is 1.50 bits per heavy atom. The van der Waals surface area contributed by atoms with E-state index in [0.717, 1.165) is 18.6 Å².